The predicted octanol–water partition coefficient (Wildman–Crippen LogP) is 2.18. The van der Waals surface area contributed by atoms with Crippen LogP contribution in [0.5, 0.6) is 0 Å². The van der Waals surface area contributed by atoms with Crippen LogP contribution in [0.15, 0.2) is 18.5 Å². The van der Waals surface area contributed by atoms with E-state index in [1.54, 1.807) is 6.20 Å². The number of hydrogen-bond donors (Lipinski definition) is 0. The molecule has 0 saturated carbocycles. The number of anilines is 1. The van der Waals surface area contributed by atoms with Crippen LogP contribution in [0.1, 0.15) is 11.4 Å². The van der Waals surface area contributed by atoms with E-state index in [0.717, 1.165) is 34.3 Å². The second kappa shape index (κ2) is 3.22. The van der Waals surface area contributed by atoms with E-state index in [4.69, 9.17) is 11.6 Å². The van der Waals surface area contributed by atoms with Gasteiger partial charge in [-0.2, -0.15) is 5.10 Å². The van der Waals surface area contributed by atoms with Crippen molar-refractivity contribution in [2.24, 2.45) is 0 Å². The van der Waals surface area contributed by atoms with Crippen LogP contribution in [0, 0.1) is 6.92 Å². The summed E-state index contributed by atoms with van der Waals surface area (Å²) in [6, 6.07) is 1.96. The Morgan fingerprint density at radius 2 is 2.19 bits per heavy atom. The minimum Gasteiger partial charge on any atom is -0.366 e. The summed E-state index contributed by atoms with van der Waals surface area (Å²) in [4.78, 5) is 6.26. The van der Waals surface area contributed by atoms with E-state index in [-0.39, 0.29) is 0 Å². The topological polar surface area (TPSA) is 34.0 Å². The van der Waals surface area contributed by atoms with Gasteiger partial charge in [0, 0.05) is 13.2 Å². The zero-order valence-corrected chi connectivity index (χ0v) is 9.86. The number of halogens is 1. The molecule has 0 spiro atoms. The van der Waals surface area contributed by atoms with Crippen molar-refractivity contribution in [3.8, 4) is 5.69 Å². The van der Waals surface area contributed by atoms with Crippen molar-refractivity contribution in [2.45, 2.75) is 13.5 Å². The third kappa shape index (κ3) is 1.16. The van der Waals surface area contributed by atoms with E-state index >= 15 is 0 Å². The highest BCUT2D eigenvalue weighted by molar-refractivity contribution is 6.32. The fourth-order valence-electron chi connectivity index (χ4n) is 2.05. The van der Waals surface area contributed by atoms with Gasteiger partial charge in [0.05, 0.1) is 40.5 Å². The third-order valence-corrected chi connectivity index (χ3v) is 3.37. The molecule has 0 amide bonds. The first-order valence-electron chi connectivity index (χ1n) is 5.08. The summed E-state index contributed by atoms with van der Waals surface area (Å²) >= 11 is 6.23. The minimum atomic E-state index is 0.759. The molecular formula is C11H11ClN4. The van der Waals surface area contributed by atoms with Crippen molar-refractivity contribution >= 4 is 17.3 Å². The van der Waals surface area contributed by atoms with Gasteiger partial charge in [-0.3, -0.25) is 4.98 Å². The number of rotatable bonds is 0. The van der Waals surface area contributed by atoms with Crippen LogP contribution < -0.4 is 4.90 Å². The van der Waals surface area contributed by atoms with Crippen LogP contribution in [-0.4, -0.2) is 21.8 Å². The maximum absolute atomic E-state index is 6.23. The van der Waals surface area contributed by atoms with E-state index in [9.17, 15) is 0 Å². The summed E-state index contributed by atoms with van der Waals surface area (Å²) in [5.41, 5.74) is 4.03. The Hall–Kier alpha value is -1.55. The summed E-state index contributed by atoms with van der Waals surface area (Å²) in [6.45, 7) is 2.69. The van der Waals surface area contributed by atoms with Gasteiger partial charge in [-0.1, -0.05) is 11.6 Å². The first-order valence-corrected chi connectivity index (χ1v) is 5.46. The summed E-state index contributed by atoms with van der Waals surface area (Å²) < 4.78 is 1.91. The smallest absolute Gasteiger partial charge is 0.0914 e. The summed E-state index contributed by atoms with van der Waals surface area (Å²) in [5, 5.41) is 5.22. The standard InChI is InChI=1S/C11H11ClN4/c1-7-11(12)10-6-15(2)9-5-13-4-3-8(9)16(10)14-7/h3-5H,6H2,1-2H3. The molecule has 1 aliphatic rings. The Bertz CT molecular complexity index is 561. The van der Waals surface area contributed by atoms with Gasteiger partial charge in [0.2, 0.25) is 0 Å². The molecule has 16 heavy (non-hydrogen) atoms. The molecule has 4 nitrogen and oxygen atoms in total. The van der Waals surface area contributed by atoms with Crippen LogP contribution in [0.2, 0.25) is 5.02 Å². The zero-order valence-electron chi connectivity index (χ0n) is 9.11. The summed E-state index contributed by atoms with van der Waals surface area (Å²) in [6.07, 6.45) is 3.62. The zero-order chi connectivity index (χ0) is 11.3. The lowest BCUT2D eigenvalue weighted by atomic mass is 10.2. The average molecular weight is 235 g/mol. The monoisotopic (exact) mass is 234 g/mol. The lowest BCUT2D eigenvalue weighted by molar-refractivity contribution is 0.733. The Labute approximate surface area is 98.5 Å². The van der Waals surface area contributed by atoms with Crippen molar-refractivity contribution in [1.29, 1.82) is 0 Å². The molecule has 0 N–H and O–H groups in total. The first-order chi connectivity index (χ1) is 7.68. The van der Waals surface area contributed by atoms with Crippen molar-refractivity contribution < 1.29 is 0 Å². The molecule has 0 bridgehead atoms. The largest absolute Gasteiger partial charge is 0.366 e. The quantitative estimate of drug-likeness (QED) is 0.701. The molecule has 3 heterocycles. The number of fused-ring (bicyclic) bond motifs is 3. The van der Waals surface area contributed by atoms with Crippen molar-refractivity contribution in [3.05, 3.63) is 34.9 Å². The fourth-order valence-corrected chi connectivity index (χ4v) is 2.23. The van der Waals surface area contributed by atoms with Crippen LogP contribution in [0.25, 0.3) is 5.69 Å². The van der Waals surface area contributed by atoms with Crippen LogP contribution >= 0.6 is 11.6 Å². The maximum Gasteiger partial charge on any atom is 0.0914 e. The van der Waals surface area contributed by atoms with E-state index in [0.29, 0.717) is 0 Å². The highest BCUT2D eigenvalue weighted by Gasteiger charge is 2.24. The minimum absolute atomic E-state index is 0.759. The first kappa shape index (κ1) is 9.66. The number of aromatic nitrogens is 3. The second-order valence-electron chi connectivity index (χ2n) is 3.98. The number of aryl methyl sites for hydroxylation is 1. The Kier molecular flexibility index (Phi) is 1.94. The molecule has 3 rings (SSSR count). The van der Waals surface area contributed by atoms with Gasteiger partial charge in [-0.05, 0) is 13.0 Å². The van der Waals surface area contributed by atoms with Crippen LogP contribution in [-0.2, 0) is 6.54 Å². The van der Waals surface area contributed by atoms with Gasteiger partial charge in [0.1, 0.15) is 0 Å². The fraction of sp³-hybridized carbons (Fsp3) is 0.273. The Balaban J connectivity index is 2.32. The molecule has 1 aliphatic heterocycles. The molecular weight excluding hydrogens is 224 g/mol. The molecule has 2 aromatic heterocycles. The highest BCUT2D eigenvalue weighted by atomic mass is 35.5. The molecule has 0 aromatic carbocycles. The molecule has 0 unspecified atom stereocenters. The number of hydrogen-bond acceptors (Lipinski definition) is 3. The van der Waals surface area contributed by atoms with Gasteiger partial charge in [-0.15, -0.1) is 0 Å². The maximum atomic E-state index is 6.23. The SMILES string of the molecule is Cc1nn2c(c1Cl)CN(C)c1cnccc1-2. The molecule has 0 saturated heterocycles. The summed E-state index contributed by atoms with van der Waals surface area (Å²) in [7, 11) is 2.03. The lowest BCUT2D eigenvalue weighted by Gasteiger charge is -2.27. The molecule has 2 aromatic rings. The van der Waals surface area contributed by atoms with Crippen molar-refractivity contribution in [2.75, 3.05) is 11.9 Å². The molecule has 0 aliphatic carbocycles. The van der Waals surface area contributed by atoms with Crippen LogP contribution in [0.3, 0.4) is 0 Å². The van der Waals surface area contributed by atoms with Crippen LogP contribution in [0.4, 0.5) is 5.69 Å². The van der Waals surface area contributed by atoms with E-state index in [1.165, 1.54) is 0 Å². The van der Waals surface area contributed by atoms with E-state index in [1.807, 2.05) is 30.9 Å². The van der Waals surface area contributed by atoms with Gasteiger partial charge in [-0.25, -0.2) is 4.68 Å². The van der Waals surface area contributed by atoms with Crippen molar-refractivity contribution in [1.82, 2.24) is 14.8 Å². The molecule has 0 radical (unpaired) electrons. The number of nitrogens with zero attached hydrogens (tertiary/aromatic N) is 4. The van der Waals surface area contributed by atoms with E-state index < -0.39 is 0 Å². The molecule has 0 fully saturated rings. The third-order valence-electron chi connectivity index (χ3n) is 2.88. The molecule has 5 heteroatoms. The predicted molar refractivity (Wildman–Crippen MR) is 63.2 cm³/mol. The van der Waals surface area contributed by atoms with E-state index in [2.05, 4.69) is 15.0 Å². The molecule has 0 atom stereocenters. The van der Waals surface area contributed by atoms with Gasteiger partial charge in [0.15, 0.2) is 0 Å². The average Bonchev–Trinajstić information content (AvgIpc) is 2.57. The Morgan fingerprint density at radius 3 is 3.00 bits per heavy atom. The normalized spacial score (nSPS) is 13.6. The van der Waals surface area contributed by atoms with Crippen molar-refractivity contribution in [3.63, 3.8) is 0 Å². The van der Waals surface area contributed by atoms with Gasteiger partial charge in [0.25, 0.3) is 0 Å². The van der Waals surface area contributed by atoms with Gasteiger partial charge < -0.3 is 4.90 Å². The highest BCUT2D eigenvalue weighted by Crippen LogP contribution is 2.33. The summed E-state index contributed by atoms with van der Waals surface area (Å²) in [5.74, 6) is 0. The molecule has 82 valence electrons. The Morgan fingerprint density at radius 1 is 1.38 bits per heavy atom. The lowest BCUT2D eigenvalue weighted by Crippen LogP contribution is -2.25. The second-order valence-corrected chi connectivity index (χ2v) is 4.36. The van der Waals surface area contributed by atoms with Gasteiger partial charge >= 0.3 is 0 Å². The number of pyridine rings is 1.